The standard InChI is InChI=1S/C15H25N3/c1-3-16-14(15-17-9-10-18(15)4-2)13-11-7-5-6-8-12(11)13/h9-14,16H,3-8H2,1-2H3. The van der Waals surface area contributed by atoms with Gasteiger partial charge in [0.05, 0.1) is 6.04 Å². The van der Waals surface area contributed by atoms with E-state index in [0.29, 0.717) is 6.04 Å². The second-order valence-electron chi connectivity index (χ2n) is 5.80. The molecule has 0 aromatic carbocycles. The molecule has 1 heterocycles. The van der Waals surface area contributed by atoms with Crippen LogP contribution in [0.15, 0.2) is 12.4 Å². The average Bonchev–Trinajstić information content (AvgIpc) is 2.92. The minimum atomic E-state index is 0.484. The zero-order chi connectivity index (χ0) is 12.5. The Balaban J connectivity index is 1.80. The predicted molar refractivity (Wildman–Crippen MR) is 73.3 cm³/mol. The monoisotopic (exact) mass is 247 g/mol. The van der Waals surface area contributed by atoms with Crippen molar-refractivity contribution in [1.82, 2.24) is 14.9 Å². The van der Waals surface area contributed by atoms with Crippen LogP contribution in [0.5, 0.6) is 0 Å². The quantitative estimate of drug-likeness (QED) is 0.867. The second-order valence-corrected chi connectivity index (χ2v) is 5.80. The first-order valence-electron chi connectivity index (χ1n) is 7.61. The summed E-state index contributed by atoms with van der Waals surface area (Å²) < 4.78 is 2.30. The van der Waals surface area contributed by atoms with Crippen molar-refractivity contribution in [2.75, 3.05) is 6.54 Å². The Morgan fingerprint density at radius 3 is 2.67 bits per heavy atom. The van der Waals surface area contributed by atoms with Gasteiger partial charge in [0.1, 0.15) is 5.82 Å². The first-order chi connectivity index (χ1) is 8.86. The van der Waals surface area contributed by atoms with Gasteiger partial charge in [-0.2, -0.15) is 0 Å². The van der Waals surface area contributed by atoms with Crippen LogP contribution in [-0.2, 0) is 6.54 Å². The Labute approximate surface area is 110 Å². The Bertz CT molecular complexity index is 386. The van der Waals surface area contributed by atoms with Crippen molar-refractivity contribution in [3.63, 3.8) is 0 Å². The first kappa shape index (κ1) is 12.2. The molecule has 3 nitrogen and oxygen atoms in total. The molecule has 0 aliphatic heterocycles. The third-order valence-corrected chi connectivity index (χ3v) is 4.90. The highest BCUT2D eigenvalue weighted by Crippen LogP contribution is 2.60. The van der Waals surface area contributed by atoms with E-state index in [9.17, 15) is 0 Å². The number of hydrogen-bond donors (Lipinski definition) is 1. The maximum atomic E-state index is 4.63. The van der Waals surface area contributed by atoms with Crippen LogP contribution in [0.1, 0.15) is 51.4 Å². The molecule has 2 fully saturated rings. The molecule has 2 aliphatic rings. The maximum absolute atomic E-state index is 4.63. The first-order valence-corrected chi connectivity index (χ1v) is 7.61. The molecule has 0 bridgehead atoms. The van der Waals surface area contributed by atoms with Gasteiger partial charge >= 0.3 is 0 Å². The molecule has 0 amide bonds. The number of hydrogen-bond acceptors (Lipinski definition) is 2. The highest BCUT2D eigenvalue weighted by atomic mass is 15.1. The highest BCUT2D eigenvalue weighted by molar-refractivity contribution is 5.12. The molecule has 1 aromatic rings. The van der Waals surface area contributed by atoms with Crippen LogP contribution >= 0.6 is 0 Å². The van der Waals surface area contributed by atoms with Crippen molar-refractivity contribution in [2.45, 2.75) is 52.1 Å². The molecular weight excluding hydrogens is 222 g/mol. The largest absolute Gasteiger partial charge is 0.334 e. The molecule has 0 radical (unpaired) electrons. The molecule has 3 unspecified atom stereocenters. The van der Waals surface area contributed by atoms with Gasteiger partial charge in [0.15, 0.2) is 0 Å². The van der Waals surface area contributed by atoms with Gasteiger partial charge in [-0.15, -0.1) is 0 Å². The molecule has 0 spiro atoms. The Hall–Kier alpha value is -0.830. The number of fused-ring (bicyclic) bond motifs is 1. The third kappa shape index (κ3) is 1.99. The van der Waals surface area contributed by atoms with E-state index in [1.165, 1.54) is 31.5 Å². The van der Waals surface area contributed by atoms with Gasteiger partial charge in [-0.25, -0.2) is 4.98 Å². The highest BCUT2D eigenvalue weighted by Gasteiger charge is 2.55. The van der Waals surface area contributed by atoms with E-state index < -0.39 is 0 Å². The minimum absolute atomic E-state index is 0.484. The van der Waals surface area contributed by atoms with E-state index in [2.05, 4.69) is 34.9 Å². The van der Waals surface area contributed by atoms with Crippen LogP contribution in [0.3, 0.4) is 0 Å². The van der Waals surface area contributed by atoms with Gasteiger partial charge in [0, 0.05) is 18.9 Å². The van der Waals surface area contributed by atoms with E-state index in [1.807, 2.05) is 6.20 Å². The van der Waals surface area contributed by atoms with Crippen LogP contribution < -0.4 is 5.32 Å². The lowest BCUT2D eigenvalue weighted by molar-refractivity contribution is 0.420. The van der Waals surface area contributed by atoms with Crippen molar-refractivity contribution < 1.29 is 0 Å². The zero-order valence-electron chi connectivity index (χ0n) is 11.6. The molecule has 100 valence electrons. The smallest absolute Gasteiger partial charge is 0.126 e. The molecule has 2 aliphatic carbocycles. The number of rotatable bonds is 5. The SMILES string of the molecule is CCNC(c1nccn1CC)C1C2CCCCC21. The van der Waals surface area contributed by atoms with Crippen molar-refractivity contribution in [1.29, 1.82) is 0 Å². The average molecular weight is 247 g/mol. The summed E-state index contributed by atoms with van der Waals surface area (Å²) in [6.07, 6.45) is 9.85. The van der Waals surface area contributed by atoms with Gasteiger partial charge in [-0.1, -0.05) is 19.8 Å². The number of aryl methyl sites for hydroxylation is 1. The molecule has 0 saturated heterocycles. The van der Waals surface area contributed by atoms with Crippen LogP contribution in [0.4, 0.5) is 0 Å². The topological polar surface area (TPSA) is 29.9 Å². The summed E-state index contributed by atoms with van der Waals surface area (Å²) in [6, 6.07) is 0.484. The molecule has 3 atom stereocenters. The van der Waals surface area contributed by atoms with Gasteiger partial charge < -0.3 is 9.88 Å². The summed E-state index contributed by atoms with van der Waals surface area (Å²) in [7, 11) is 0. The lowest BCUT2D eigenvalue weighted by Gasteiger charge is -2.19. The third-order valence-electron chi connectivity index (χ3n) is 4.90. The van der Waals surface area contributed by atoms with Gasteiger partial charge in [0.25, 0.3) is 0 Å². The van der Waals surface area contributed by atoms with Gasteiger partial charge in [0.2, 0.25) is 0 Å². The molecule has 1 aromatic heterocycles. The summed E-state index contributed by atoms with van der Waals surface area (Å²) in [5, 5.41) is 3.69. The van der Waals surface area contributed by atoms with E-state index in [4.69, 9.17) is 0 Å². The molecular formula is C15H25N3. The predicted octanol–water partition coefficient (Wildman–Crippen LogP) is 2.99. The molecule has 3 rings (SSSR count). The fourth-order valence-corrected chi connectivity index (χ4v) is 4.03. The van der Waals surface area contributed by atoms with Crippen molar-refractivity contribution in [3.05, 3.63) is 18.2 Å². The summed E-state index contributed by atoms with van der Waals surface area (Å²) in [4.78, 5) is 4.63. The maximum Gasteiger partial charge on any atom is 0.126 e. The fraction of sp³-hybridized carbons (Fsp3) is 0.800. The van der Waals surface area contributed by atoms with Crippen molar-refractivity contribution in [3.8, 4) is 0 Å². The van der Waals surface area contributed by atoms with E-state index in [-0.39, 0.29) is 0 Å². The van der Waals surface area contributed by atoms with Crippen LogP contribution in [0, 0.1) is 17.8 Å². The van der Waals surface area contributed by atoms with E-state index in [1.54, 1.807) is 0 Å². The Morgan fingerprint density at radius 1 is 1.33 bits per heavy atom. The number of nitrogens with zero attached hydrogens (tertiary/aromatic N) is 2. The van der Waals surface area contributed by atoms with Gasteiger partial charge in [-0.05, 0) is 44.1 Å². The minimum Gasteiger partial charge on any atom is -0.334 e. The van der Waals surface area contributed by atoms with Crippen molar-refractivity contribution >= 4 is 0 Å². The van der Waals surface area contributed by atoms with E-state index in [0.717, 1.165) is 30.8 Å². The zero-order valence-corrected chi connectivity index (χ0v) is 11.6. The number of imidazole rings is 1. The normalized spacial score (nSPS) is 32.0. The summed E-state index contributed by atoms with van der Waals surface area (Å²) in [5.74, 6) is 4.06. The second kappa shape index (κ2) is 5.04. The van der Waals surface area contributed by atoms with Crippen molar-refractivity contribution in [2.24, 2.45) is 17.8 Å². The molecule has 1 N–H and O–H groups in total. The molecule has 2 saturated carbocycles. The van der Waals surface area contributed by atoms with Crippen LogP contribution in [-0.4, -0.2) is 16.1 Å². The van der Waals surface area contributed by atoms with E-state index >= 15 is 0 Å². The summed E-state index contributed by atoms with van der Waals surface area (Å²) >= 11 is 0. The lowest BCUT2D eigenvalue weighted by Crippen LogP contribution is -2.27. The summed E-state index contributed by atoms with van der Waals surface area (Å²) in [5.41, 5.74) is 0. The van der Waals surface area contributed by atoms with Gasteiger partial charge in [-0.3, -0.25) is 0 Å². The summed E-state index contributed by atoms with van der Waals surface area (Å²) in [6.45, 7) is 6.48. The fourth-order valence-electron chi connectivity index (χ4n) is 4.03. The Kier molecular flexibility index (Phi) is 3.42. The Morgan fingerprint density at radius 2 is 2.06 bits per heavy atom. The lowest BCUT2D eigenvalue weighted by atomic mass is 10.0. The number of aromatic nitrogens is 2. The number of nitrogens with one attached hydrogen (secondary N) is 1. The van der Waals surface area contributed by atoms with Crippen LogP contribution in [0.2, 0.25) is 0 Å². The molecule has 18 heavy (non-hydrogen) atoms. The van der Waals surface area contributed by atoms with Crippen LogP contribution in [0.25, 0.3) is 0 Å². The molecule has 3 heteroatoms.